The third kappa shape index (κ3) is 30.7. The summed E-state index contributed by atoms with van der Waals surface area (Å²) in [4.78, 5) is 14.2. The van der Waals surface area contributed by atoms with Crippen LogP contribution in [-0.4, -0.2) is 203 Å². The van der Waals surface area contributed by atoms with Crippen LogP contribution in [0.4, 0.5) is 4.79 Å². The first-order valence-corrected chi connectivity index (χ1v) is 25.3. The Kier molecular flexibility index (Phi) is 38.6. The van der Waals surface area contributed by atoms with Gasteiger partial charge in [0.15, 0.2) is 0 Å². The number of nitrogens with zero attached hydrogens (tertiary/aromatic N) is 1. The van der Waals surface area contributed by atoms with Crippen molar-refractivity contribution >= 4 is 6.09 Å². The van der Waals surface area contributed by atoms with Gasteiger partial charge in [0.05, 0.1) is 165 Å². The SMILES string of the molecule is CCCCCCCCCCOCCOCCOCCOCCOCCOCCOCCOCCOCCOCCOCCOCCOCCN(C)C(=O)OCC1c2ccccc2-c2ccccc21. The lowest BCUT2D eigenvalue weighted by atomic mass is 9.98. The number of likely N-dealkylation sites (N-methyl/N-ethyl adjacent to an activating group) is 1. The molecule has 2 aromatic rings. The van der Waals surface area contributed by atoms with Crippen LogP contribution in [0.1, 0.15) is 75.3 Å². The van der Waals surface area contributed by atoms with E-state index < -0.39 is 0 Å². The zero-order valence-corrected chi connectivity index (χ0v) is 41.7. The van der Waals surface area contributed by atoms with Crippen LogP contribution in [0.3, 0.4) is 0 Å². The Balaban J connectivity index is 0.908. The smallest absolute Gasteiger partial charge is 0.409 e. The Bertz CT molecular complexity index is 1400. The summed E-state index contributed by atoms with van der Waals surface area (Å²) in [6, 6.07) is 16.6. The summed E-state index contributed by atoms with van der Waals surface area (Å²) in [5, 5.41) is 0. The van der Waals surface area contributed by atoms with Gasteiger partial charge in [-0.25, -0.2) is 4.79 Å². The zero-order chi connectivity index (χ0) is 48.1. The van der Waals surface area contributed by atoms with Gasteiger partial charge in [-0.15, -0.1) is 0 Å². The molecule has 1 aliphatic rings. The lowest BCUT2D eigenvalue weighted by Gasteiger charge is -2.19. The van der Waals surface area contributed by atoms with E-state index in [0.29, 0.717) is 178 Å². The minimum Gasteiger partial charge on any atom is -0.448 e. The summed E-state index contributed by atoms with van der Waals surface area (Å²) in [5.41, 5.74) is 4.79. The lowest BCUT2D eigenvalue weighted by molar-refractivity contribution is -0.0291. The first-order chi connectivity index (χ1) is 33.7. The van der Waals surface area contributed by atoms with Crippen LogP contribution < -0.4 is 0 Å². The number of rotatable bonds is 50. The topological polar surface area (TPSA) is 150 Å². The summed E-state index contributed by atoms with van der Waals surface area (Å²) in [7, 11) is 1.72. The molecule has 0 radical (unpaired) electrons. The summed E-state index contributed by atoms with van der Waals surface area (Å²) in [6.07, 6.45) is 10.1. The predicted octanol–water partition coefficient (Wildman–Crippen LogP) is 7.22. The van der Waals surface area contributed by atoms with E-state index in [4.69, 9.17) is 66.3 Å². The molecule has 0 heterocycles. The van der Waals surface area contributed by atoms with Gasteiger partial charge in [0.2, 0.25) is 0 Å². The molecule has 0 unspecified atom stereocenters. The van der Waals surface area contributed by atoms with Crippen LogP contribution in [0.15, 0.2) is 48.5 Å². The maximum Gasteiger partial charge on any atom is 0.409 e. The summed E-state index contributed by atoms with van der Waals surface area (Å²) in [6.45, 7) is 16.4. The molecule has 0 fully saturated rings. The van der Waals surface area contributed by atoms with Crippen molar-refractivity contribution in [2.75, 3.05) is 192 Å². The van der Waals surface area contributed by atoms with Crippen molar-refractivity contribution in [2.24, 2.45) is 0 Å². The number of amides is 1. The fourth-order valence-electron chi connectivity index (χ4n) is 7.08. The molecule has 16 heteroatoms. The molecule has 390 valence electrons. The van der Waals surface area contributed by atoms with Crippen LogP contribution in [0, 0.1) is 0 Å². The first kappa shape index (κ1) is 59.5. The highest BCUT2D eigenvalue weighted by atomic mass is 16.6. The largest absolute Gasteiger partial charge is 0.448 e. The number of carbonyl (C=O) groups is 1. The van der Waals surface area contributed by atoms with Crippen molar-refractivity contribution in [1.29, 1.82) is 0 Å². The molecular weight excluding hydrogens is 879 g/mol. The van der Waals surface area contributed by atoms with E-state index in [2.05, 4.69) is 31.2 Å². The molecule has 0 saturated heterocycles. The van der Waals surface area contributed by atoms with E-state index in [-0.39, 0.29) is 12.0 Å². The van der Waals surface area contributed by atoms with E-state index >= 15 is 0 Å². The predicted molar refractivity (Wildman–Crippen MR) is 261 cm³/mol. The molecule has 0 saturated carbocycles. The quantitative estimate of drug-likeness (QED) is 0.0614. The maximum absolute atomic E-state index is 12.6. The van der Waals surface area contributed by atoms with Crippen LogP contribution in [-0.2, 0) is 66.3 Å². The molecule has 0 aromatic heterocycles. The van der Waals surface area contributed by atoms with E-state index in [0.717, 1.165) is 13.0 Å². The number of benzene rings is 2. The third-order valence-electron chi connectivity index (χ3n) is 10.8. The molecule has 0 N–H and O–H groups in total. The van der Waals surface area contributed by atoms with Crippen molar-refractivity contribution in [3.05, 3.63) is 59.7 Å². The first-order valence-electron chi connectivity index (χ1n) is 25.3. The van der Waals surface area contributed by atoms with Gasteiger partial charge in [-0.1, -0.05) is 100 Å². The maximum atomic E-state index is 12.6. The second kappa shape index (κ2) is 44.2. The number of fused-ring (bicyclic) bond motifs is 3. The summed E-state index contributed by atoms with van der Waals surface area (Å²) >= 11 is 0. The van der Waals surface area contributed by atoms with Crippen LogP contribution in [0.25, 0.3) is 11.1 Å². The standard InChI is InChI=1S/C52H87NO15/c1-3-4-5-6-7-8-9-14-20-55-22-24-57-26-28-59-30-32-61-34-36-63-38-40-65-42-44-67-45-43-66-41-39-64-37-35-62-33-31-60-29-27-58-25-23-56-21-19-53(2)52(54)68-46-51-49-17-12-10-15-47(49)48-16-11-13-18-50(48)51/h10-13,15-18,51H,3-9,14,19-46H2,1-2H3. The number of carbonyl (C=O) groups excluding carboxylic acids is 1. The highest BCUT2D eigenvalue weighted by Gasteiger charge is 2.29. The number of hydrogen-bond acceptors (Lipinski definition) is 15. The second-order valence-corrected chi connectivity index (χ2v) is 16.2. The van der Waals surface area contributed by atoms with Gasteiger partial charge >= 0.3 is 6.09 Å². The van der Waals surface area contributed by atoms with Crippen molar-refractivity contribution in [3.63, 3.8) is 0 Å². The molecule has 3 rings (SSSR count). The summed E-state index contributed by atoms with van der Waals surface area (Å²) in [5.74, 6) is 0.0358. The zero-order valence-electron chi connectivity index (χ0n) is 41.7. The molecule has 0 atom stereocenters. The molecule has 1 amide bonds. The van der Waals surface area contributed by atoms with Crippen molar-refractivity contribution in [1.82, 2.24) is 4.90 Å². The normalized spacial score (nSPS) is 12.2. The van der Waals surface area contributed by atoms with Crippen LogP contribution in [0.5, 0.6) is 0 Å². The number of hydrogen-bond donors (Lipinski definition) is 0. The average Bonchev–Trinajstić information content (AvgIpc) is 3.68. The Morgan fingerprint density at radius 1 is 0.382 bits per heavy atom. The van der Waals surface area contributed by atoms with Crippen molar-refractivity contribution in [2.45, 2.75) is 64.2 Å². The average molecular weight is 966 g/mol. The molecule has 0 spiro atoms. The van der Waals surface area contributed by atoms with Gasteiger partial charge < -0.3 is 71.2 Å². The van der Waals surface area contributed by atoms with Crippen LogP contribution >= 0.6 is 0 Å². The second-order valence-electron chi connectivity index (χ2n) is 16.2. The van der Waals surface area contributed by atoms with Gasteiger partial charge in [0.25, 0.3) is 0 Å². The molecule has 0 aliphatic heterocycles. The van der Waals surface area contributed by atoms with E-state index in [1.807, 2.05) is 24.3 Å². The fraction of sp³-hybridized carbons (Fsp3) is 0.750. The summed E-state index contributed by atoms with van der Waals surface area (Å²) < 4.78 is 77.9. The van der Waals surface area contributed by atoms with E-state index in [9.17, 15) is 4.79 Å². The molecule has 68 heavy (non-hydrogen) atoms. The van der Waals surface area contributed by atoms with Crippen molar-refractivity contribution < 1.29 is 71.1 Å². The third-order valence-corrected chi connectivity index (χ3v) is 10.8. The Labute approximate surface area is 408 Å². The molecule has 16 nitrogen and oxygen atoms in total. The molecular formula is C52H87NO15. The van der Waals surface area contributed by atoms with Gasteiger partial charge in [0.1, 0.15) is 6.61 Å². The Morgan fingerprint density at radius 2 is 0.662 bits per heavy atom. The molecule has 2 aromatic carbocycles. The molecule has 1 aliphatic carbocycles. The Morgan fingerprint density at radius 3 is 1.00 bits per heavy atom. The fourth-order valence-corrected chi connectivity index (χ4v) is 7.08. The van der Waals surface area contributed by atoms with E-state index in [1.54, 1.807) is 7.05 Å². The number of ether oxygens (including phenoxy) is 14. The van der Waals surface area contributed by atoms with E-state index in [1.165, 1.54) is 72.1 Å². The lowest BCUT2D eigenvalue weighted by Crippen LogP contribution is -2.32. The van der Waals surface area contributed by atoms with Gasteiger partial charge in [-0.2, -0.15) is 0 Å². The Hall–Kier alpha value is -2.81. The highest BCUT2D eigenvalue weighted by molar-refractivity contribution is 5.79. The van der Waals surface area contributed by atoms with Crippen molar-refractivity contribution in [3.8, 4) is 11.1 Å². The van der Waals surface area contributed by atoms with Gasteiger partial charge in [-0.05, 0) is 28.7 Å². The van der Waals surface area contributed by atoms with Gasteiger partial charge in [-0.3, -0.25) is 0 Å². The minimum atomic E-state index is -0.365. The van der Waals surface area contributed by atoms with Crippen LogP contribution in [0.2, 0.25) is 0 Å². The monoisotopic (exact) mass is 966 g/mol. The minimum absolute atomic E-state index is 0.0358. The van der Waals surface area contributed by atoms with Gasteiger partial charge in [0, 0.05) is 26.1 Å². The molecule has 0 bridgehead atoms. The highest BCUT2D eigenvalue weighted by Crippen LogP contribution is 2.44. The number of unbranched alkanes of at least 4 members (excludes halogenated alkanes) is 7.